The zero-order valence-corrected chi connectivity index (χ0v) is 18.9. The molecule has 3 unspecified atom stereocenters. The Morgan fingerprint density at radius 2 is 1.61 bits per heavy atom. The monoisotopic (exact) mass is 451 g/mol. The van der Waals surface area contributed by atoms with Gasteiger partial charge in [0.05, 0.1) is 14.2 Å². The molecule has 1 heterocycles. The predicted octanol–water partition coefficient (Wildman–Crippen LogP) is 2.94. The molecule has 0 spiro atoms. The number of fused-ring (bicyclic) bond motifs is 1. The minimum absolute atomic E-state index is 0.0451. The minimum atomic E-state index is -0.628. The van der Waals surface area contributed by atoms with E-state index in [-0.39, 0.29) is 17.9 Å². The number of ether oxygens (including phenoxy) is 2. The van der Waals surface area contributed by atoms with Crippen LogP contribution >= 0.6 is 0 Å². The molecule has 3 atom stereocenters. The topological polar surface area (TPSA) is 97.0 Å². The van der Waals surface area contributed by atoms with Gasteiger partial charge in [0, 0.05) is 17.2 Å². The molecule has 1 saturated heterocycles. The number of amides is 3. The summed E-state index contributed by atoms with van der Waals surface area (Å²) in [6, 6.07) is 13.2. The third-order valence-corrected chi connectivity index (χ3v) is 6.59. The fourth-order valence-electron chi connectivity index (χ4n) is 4.97. The second-order valence-corrected chi connectivity index (χ2v) is 8.45. The second-order valence-electron chi connectivity index (χ2n) is 8.45. The smallest absolute Gasteiger partial charge is 0.269 e. The van der Waals surface area contributed by atoms with E-state index >= 15 is 0 Å². The lowest BCUT2D eigenvalue weighted by Crippen LogP contribution is -2.53. The van der Waals surface area contributed by atoms with E-state index in [9.17, 15) is 14.4 Å². The number of methoxy groups -OCH3 is 2. The molecule has 4 rings (SSSR count). The fraction of sp³-hybridized carbons (Fsp3) is 0.400. The van der Waals surface area contributed by atoms with Crippen LogP contribution in [0.4, 0.5) is 0 Å². The van der Waals surface area contributed by atoms with Crippen molar-refractivity contribution in [2.75, 3.05) is 14.2 Å². The molecule has 0 radical (unpaired) electrons. The van der Waals surface area contributed by atoms with Crippen LogP contribution in [0.2, 0.25) is 0 Å². The number of benzene rings is 2. The van der Waals surface area contributed by atoms with E-state index in [1.807, 2.05) is 18.2 Å². The number of likely N-dealkylation sites (tertiary alicyclic amines) is 1. The number of hydrogen-bond donors (Lipinski definition) is 2. The average molecular weight is 452 g/mol. The Kier molecular flexibility index (Phi) is 6.82. The van der Waals surface area contributed by atoms with Crippen LogP contribution in [-0.2, 0) is 4.79 Å². The van der Waals surface area contributed by atoms with Crippen LogP contribution in [0.5, 0.6) is 11.5 Å². The van der Waals surface area contributed by atoms with E-state index in [0.29, 0.717) is 35.0 Å². The lowest BCUT2D eigenvalue weighted by atomic mass is 9.84. The summed E-state index contributed by atoms with van der Waals surface area (Å²) >= 11 is 0. The highest BCUT2D eigenvalue weighted by atomic mass is 16.5. The molecule has 1 aliphatic carbocycles. The third kappa shape index (κ3) is 4.65. The largest absolute Gasteiger partial charge is 0.493 e. The number of hydrogen-bond acceptors (Lipinski definition) is 5. The maximum atomic E-state index is 13.3. The first kappa shape index (κ1) is 22.6. The van der Waals surface area contributed by atoms with E-state index in [0.717, 1.165) is 25.7 Å². The molecule has 2 aliphatic rings. The maximum Gasteiger partial charge on any atom is 0.269 e. The van der Waals surface area contributed by atoms with Crippen LogP contribution in [-0.4, -0.2) is 48.9 Å². The zero-order chi connectivity index (χ0) is 23.4. The summed E-state index contributed by atoms with van der Waals surface area (Å²) in [6.07, 6.45) is 4.65. The van der Waals surface area contributed by atoms with Gasteiger partial charge in [0.25, 0.3) is 17.7 Å². The Labute approximate surface area is 193 Å². The van der Waals surface area contributed by atoms with E-state index in [1.165, 1.54) is 20.3 Å². The molecule has 0 aromatic heterocycles. The third-order valence-electron chi connectivity index (χ3n) is 6.59. The van der Waals surface area contributed by atoms with Crippen LogP contribution in [0.25, 0.3) is 0 Å². The van der Waals surface area contributed by atoms with Crippen molar-refractivity contribution in [1.29, 1.82) is 0 Å². The van der Waals surface area contributed by atoms with Gasteiger partial charge >= 0.3 is 0 Å². The second kappa shape index (κ2) is 9.94. The number of carbonyl (C=O) groups is 3. The molecule has 8 heteroatoms. The van der Waals surface area contributed by atoms with Gasteiger partial charge in [-0.3, -0.25) is 25.2 Å². The summed E-state index contributed by atoms with van der Waals surface area (Å²) in [4.78, 5) is 40.8. The Morgan fingerprint density at radius 1 is 0.879 bits per heavy atom. The van der Waals surface area contributed by atoms with Gasteiger partial charge < -0.3 is 14.4 Å². The van der Waals surface area contributed by atoms with Crippen LogP contribution in [0.1, 0.15) is 52.8 Å². The van der Waals surface area contributed by atoms with Crippen LogP contribution in [0.3, 0.4) is 0 Å². The van der Waals surface area contributed by atoms with Crippen molar-refractivity contribution < 1.29 is 23.9 Å². The molecule has 2 fully saturated rings. The highest BCUT2D eigenvalue weighted by Gasteiger charge is 2.47. The van der Waals surface area contributed by atoms with E-state index < -0.39 is 11.9 Å². The first-order valence-corrected chi connectivity index (χ1v) is 11.2. The van der Waals surface area contributed by atoms with Gasteiger partial charge in [0.15, 0.2) is 11.5 Å². The van der Waals surface area contributed by atoms with Crippen molar-refractivity contribution in [2.45, 2.75) is 44.2 Å². The van der Waals surface area contributed by atoms with Gasteiger partial charge in [0.2, 0.25) is 0 Å². The number of nitrogens with one attached hydrogen (secondary N) is 2. The summed E-state index contributed by atoms with van der Waals surface area (Å²) in [5, 5.41) is 0. The van der Waals surface area contributed by atoms with Gasteiger partial charge in [-0.15, -0.1) is 0 Å². The molecule has 2 aromatic rings. The SMILES string of the molecule is COc1ccc(C(=O)NNC(=O)C2CC3CCCCC3N2C(=O)c2ccccc2)cc1OC. The quantitative estimate of drug-likeness (QED) is 0.682. The van der Waals surface area contributed by atoms with Crippen molar-refractivity contribution in [3.05, 3.63) is 59.7 Å². The number of hydrazine groups is 1. The molecular formula is C25H29N3O5. The standard InChI is InChI=1S/C25H29N3O5/c1-32-21-13-12-18(15-22(21)33-2)23(29)26-27-24(30)20-14-17-10-6-7-11-19(17)28(20)25(31)16-8-4-3-5-9-16/h3-5,8-9,12-13,15,17,19-20H,6-7,10-11,14H2,1-2H3,(H,26,29)(H,27,30). The maximum absolute atomic E-state index is 13.3. The number of carbonyl (C=O) groups excluding carboxylic acids is 3. The van der Waals surface area contributed by atoms with Crippen molar-refractivity contribution in [2.24, 2.45) is 5.92 Å². The first-order valence-electron chi connectivity index (χ1n) is 11.2. The van der Waals surface area contributed by atoms with E-state index in [4.69, 9.17) is 9.47 Å². The van der Waals surface area contributed by atoms with Gasteiger partial charge in [-0.1, -0.05) is 31.0 Å². The van der Waals surface area contributed by atoms with E-state index in [1.54, 1.807) is 29.2 Å². The number of nitrogens with zero attached hydrogens (tertiary/aromatic N) is 1. The Balaban J connectivity index is 1.48. The van der Waals surface area contributed by atoms with Crippen molar-refractivity contribution >= 4 is 17.7 Å². The summed E-state index contributed by atoms with van der Waals surface area (Å²) in [6.45, 7) is 0. The number of rotatable bonds is 5. The highest BCUT2D eigenvalue weighted by molar-refractivity contribution is 5.99. The van der Waals surface area contributed by atoms with Gasteiger partial charge in [0.1, 0.15) is 6.04 Å². The molecule has 33 heavy (non-hydrogen) atoms. The summed E-state index contributed by atoms with van der Waals surface area (Å²) in [7, 11) is 3.00. The Morgan fingerprint density at radius 3 is 2.33 bits per heavy atom. The van der Waals surface area contributed by atoms with Gasteiger partial charge in [-0.25, -0.2) is 0 Å². The molecule has 0 bridgehead atoms. The van der Waals surface area contributed by atoms with Crippen molar-refractivity contribution in [3.8, 4) is 11.5 Å². The molecule has 1 saturated carbocycles. The highest BCUT2D eigenvalue weighted by Crippen LogP contribution is 2.40. The minimum Gasteiger partial charge on any atom is -0.493 e. The lowest BCUT2D eigenvalue weighted by molar-refractivity contribution is -0.126. The molecule has 2 N–H and O–H groups in total. The van der Waals surface area contributed by atoms with Gasteiger partial charge in [-0.2, -0.15) is 0 Å². The summed E-state index contributed by atoms with van der Waals surface area (Å²) < 4.78 is 10.4. The normalized spacial score (nSPS) is 21.6. The van der Waals surface area contributed by atoms with Crippen molar-refractivity contribution in [1.82, 2.24) is 15.8 Å². The molecule has 2 aromatic carbocycles. The predicted molar refractivity (Wildman–Crippen MR) is 122 cm³/mol. The average Bonchev–Trinajstić information content (AvgIpc) is 3.26. The Bertz CT molecular complexity index is 1030. The fourth-order valence-corrected chi connectivity index (χ4v) is 4.97. The summed E-state index contributed by atoms with van der Waals surface area (Å²) in [5.41, 5.74) is 5.88. The molecular weight excluding hydrogens is 422 g/mol. The molecule has 1 aliphatic heterocycles. The van der Waals surface area contributed by atoms with Gasteiger partial charge in [-0.05, 0) is 55.5 Å². The zero-order valence-electron chi connectivity index (χ0n) is 18.9. The lowest BCUT2D eigenvalue weighted by Gasteiger charge is -2.33. The molecule has 8 nitrogen and oxygen atoms in total. The van der Waals surface area contributed by atoms with Crippen LogP contribution < -0.4 is 20.3 Å². The van der Waals surface area contributed by atoms with E-state index in [2.05, 4.69) is 10.9 Å². The molecule has 174 valence electrons. The summed E-state index contributed by atoms with van der Waals surface area (Å²) in [5.74, 6) is 0.195. The molecule has 3 amide bonds. The first-order chi connectivity index (χ1) is 16.0. The van der Waals surface area contributed by atoms with Crippen LogP contribution in [0.15, 0.2) is 48.5 Å². The van der Waals surface area contributed by atoms with Crippen molar-refractivity contribution in [3.63, 3.8) is 0 Å². The van der Waals surface area contributed by atoms with Crippen LogP contribution in [0, 0.1) is 5.92 Å². The Hall–Kier alpha value is -3.55.